The summed E-state index contributed by atoms with van der Waals surface area (Å²) in [6.45, 7) is -0.581. The topological polar surface area (TPSA) is 110 Å². The molecule has 0 bridgehead atoms. The maximum absolute atomic E-state index is 14.5. The van der Waals surface area contributed by atoms with Crippen molar-refractivity contribution in [3.63, 3.8) is 0 Å². The first-order chi connectivity index (χ1) is 13.4. The quantitative estimate of drug-likeness (QED) is 0.436. The lowest BCUT2D eigenvalue weighted by Gasteiger charge is -2.40. The number of rotatable bonds is 4. The van der Waals surface area contributed by atoms with E-state index in [-0.39, 0.29) is 5.56 Å². The molecular weight excluding hydrogens is 407 g/mol. The molecule has 1 fully saturated rings. The number of hydrogen-bond acceptors (Lipinski definition) is 8. The molecule has 5 N–H and O–H groups in total. The largest absolute Gasteiger partial charge is 0.507 e. The van der Waals surface area contributed by atoms with E-state index in [1.165, 1.54) is 6.07 Å². The number of benzene rings is 1. The van der Waals surface area contributed by atoms with E-state index >= 15 is 0 Å². The Morgan fingerprint density at radius 2 is 1.82 bits per heavy atom. The second kappa shape index (κ2) is 7.68. The Morgan fingerprint density at radius 3 is 2.54 bits per heavy atom. The van der Waals surface area contributed by atoms with Gasteiger partial charge in [0.2, 0.25) is 0 Å². The number of hydrogen-bond donors (Lipinski definition) is 5. The second-order valence-corrected chi connectivity index (χ2v) is 8.91. The Balaban J connectivity index is 1.67. The summed E-state index contributed by atoms with van der Waals surface area (Å²) >= 11 is 3.16. The van der Waals surface area contributed by atoms with E-state index in [9.17, 15) is 29.9 Å². The van der Waals surface area contributed by atoms with Crippen molar-refractivity contribution in [3.05, 3.63) is 51.5 Å². The van der Waals surface area contributed by atoms with Crippen LogP contribution in [0.2, 0.25) is 0 Å². The summed E-state index contributed by atoms with van der Waals surface area (Å²) in [4.78, 5) is 0.950. The van der Waals surface area contributed by atoms with E-state index in [0.29, 0.717) is 12.0 Å². The van der Waals surface area contributed by atoms with E-state index in [1.54, 1.807) is 22.7 Å². The van der Waals surface area contributed by atoms with E-state index in [4.69, 9.17) is 4.74 Å². The van der Waals surface area contributed by atoms with Crippen LogP contribution in [0.25, 0.3) is 9.40 Å². The predicted octanol–water partition coefficient (Wildman–Crippen LogP) is 1.91. The van der Waals surface area contributed by atoms with Crippen LogP contribution in [0.4, 0.5) is 4.39 Å². The van der Waals surface area contributed by atoms with Gasteiger partial charge in [0, 0.05) is 32.3 Å². The fraction of sp³-hybridized carbons (Fsp3) is 0.368. The average Bonchev–Trinajstić information content (AvgIpc) is 3.24. The van der Waals surface area contributed by atoms with E-state index < -0.39 is 48.7 Å². The van der Waals surface area contributed by atoms with Gasteiger partial charge in [-0.1, -0.05) is 0 Å². The number of aromatic hydroxyl groups is 1. The molecule has 9 heteroatoms. The number of phenols is 1. The smallest absolute Gasteiger partial charge is 0.130 e. The number of fused-ring (bicyclic) bond motifs is 1. The van der Waals surface area contributed by atoms with Gasteiger partial charge in [-0.3, -0.25) is 0 Å². The average molecular weight is 426 g/mol. The highest BCUT2D eigenvalue weighted by molar-refractivity contribution is 7.26. The number of thiophene rings is 2. The third kappa shape index (κ3) is 3.43. The minimum absolute atomic E-state index is 0.0895. The summed E-state index contributed by atoms with van der Waals surface area (Å²) in [5, 5.41) is 51.8. The zero-order valence-corrected chi connectivity index (χ0v) is 16.2. The number of phenolic OH excluding ortho intramolecular Hbond substituents is 1. The van der Waals surface area contributed by atoms with Crippen LogP contribution in [0, 0.1) is 5.82 Å². The van der Waals surface area contributed by atoms with Crippen molar-refractivity contribution >= 4 is 32.1 Å². The normalized spacial score (nSPS) is 28.1. The van der Waals surface area contributed by atoms with Crippen LogP contribution < -0.4 is 0 Å². The highest BCUT2D eigenvalue weighted by Gasteiger charge is 2.44. The minimum atomic E-state index is -1.58. The van der Waals surface area contributed by atoms with Crippen molar-refractivity contribution in [2.75, 3.05) is 6.61 Å². The molecule has 1 aliphatic rings. The summed E-state index contributed by atoms with van der Waals surface area (Å²) < 4.78 is 22.2. The van der Waals surface area contributed by atoms with Crippen LogP contribution in [-0.4, -0.2) is 56.6 Å². The highest BCUT2D eigenvalue weighted by Crippen LogP contribution is 2.39. The molecule has 5 atom stereocenters. The van der Waals surface area contributed by atoms with Gasteiger partial charge in [-0.15, -0.1) is 22.7 Å². The second-order valence-electron chi connectivity index (χ2n) is 6.79. The molecule has 0 spiro atoms. The van der Waals surface area contributed by atoms with Gasteiger partial charge in [-0.2, -0.15) is 0 Å². The van der Waals surface area contributed by atoms with Gasteiger partial charge in [-0.25, -0.2) is 4.39 Å². The Labute approximate surface area is 167 Å². The van der Waals surface area contributed by atoms with Crippen molar-refractivity contribution < 1.29 is 34.7 Å². The lowest BCUT2D eigenvalue weighted by atomic mass is 9.89. The van der Waals surface area contributed by atoms with Crippen LogP contribution in [-0.2, 0) is 11.2 Å². The van der Waals surface area contributed by atoms with Gasteiger partial charge >= 0.3 is 0 Å². The van der Waals surface area contributed by atoms with Crippen molar-refractivity contribution in [2.24, 2.45) is 0 Å². The van der Waals surface area contributed by atoms with Crippen LogP contribution >= 0.6 is 22.7 Å². The van der Waals surface area contributed by atoms with Crippen molar-refractivity contribution in [2.45, 2.75) is 36.9 Å². The molecule has 1 aliphatic heterocycles. The van der Waals surface area contributed by atoms with Crippen molar-refractivity contribution in [1.29, 1.82) is 0 Å². The number of halogens is 1. The minimum Gasteiger partial charge on any atom is -0.507 e. The third-order valence-corrected chi connectivity index (χ3v) is 7.04. The van der Waals surface area contributed by atoms with Gasteiger partial charge in [-0.05, 0) is 29.1 Å². The van der Waals surface area contributed by atoms with Gasteiger partial charge in [0.15, 0.2) is 0 Å². The molecule has 3 heterocycles. The molecular formula is C19H19FO6S2. The number of ether oxygens (including phenoxy) is 1. The lowest BCUT2D eigenvalue weighted by Crippen LogP contribution is -2.55. The first-order valence-corrected chi connectivity index (χ1v) is 10.4. The summed E-state index contributed by atoms with van der Waals surface area (Å²) in [5.41, 5.74) is 0.394. The molecule has 1 aromatic carbocycles. The van der Waals surface area contributed by atoms with Crippen LogP contribution in [0.3, 0.4) is 0 Å². The first kappa shape index (κ1) is 19.7. The lowest BCUT2D eigenvalue weighted by molar-refractivity contribution is -0.232. The summed E-state index contributed by atoms with van der Waals surface area (Å²) in [6.07, 6.45) is -6.66. The van der Waals surface area contributed by atoms with Gasteiger partial charge in [0.1, 0.15) is 42.1 Å². The first-order valence-electron chi connectivity index (χ1n) is 8.66. The third-order valence-electron chi connectivity index (χ3n) is 4.95. The highest BCUT2D eigenvalue weighted by atomic mass is 32.1. The molecule has 0 radical (unpaired) electrons. The molecule has 0 saturated carbocycles. The number of aliphatic hydroxyl groups is 4. The summed E-state index contributed by atoms with van der Waals surface area (Å²) in [7, 11) is 0. The van der Waals surface area contributed by atoms with E-state index in [1.807, 2.05) is 17.5 Å². The molecule has 3 aromatic rings. The molecule has 1 saturated heterocycles. The van der Waals surface area contributed by atoms with Gasteiger partial charge in [0.05, 0.1) is 6.61 Å². The Morgan fingerprint density at radius 1 is 1.04 bits per heavy atom. The molecule has 6 nitrogen and oxygen atoms in total. The van der Waals surface area contributed by atoms with E-state index in [0.717, 1.165) is 20.3 Å². The van der Waals surface area contributed by atoms with Crippen LogP contribution in [0.15, 0.2) is 29.6 Å². The Bertz CT molecular complexity index is 956. The SMILES string of the molecule is OC[C@H]1O[C@@H](c2cc(Cc3cc4sccc4s3)c(F)cc2O)[C@H](O)[C@@H](O)[C@@H]1O. The monoisotopic (exact) mass is 426 g/mol. The zero-order chi connectivity index (χ0) is 20.0. The van der Waals surface area contributed by atoms with E-state index in [2.05, 4.69) is 0 Å². The Hall–Kier alpha value is -1.59. The van der Waals surface area contributed by atoms with Crippen molar-refractivity contribution in [3.8, 4) is 5.75 Å². The molecule has 0 amide bonds. The van der Waals surface area contributed by atoms with Crippen LogP contribution in [0.1, 0.15) is 22.1 Å². The fourth-order valence-electron chi connectivity index (χ4n) is 3.44. The maximum atomic E-state index is 14.5. The molecule has 2 aromatic heterocycles. The standard InChI is InChI=1S/C19H19FO6S2/c20-11-6-12(22)10(19-18(25)17(24)16(23)13(7-21)26-19)4-8(11)3-9-5-15-14(28-9)1-2-27-15/h1-2,4-6,13,16-19,21-25H,3,7H2/t13-,16-,17+,18-,19+/m1/s1. The zero-order valence-electron chi connectivity index (χ0n) is 14.5. The maximum Gasteiger partial charge on any atom is 0.130 e. The molecule has 0 aliphatic carbocycles. The van der Waals surface area contributed by atoms with Crippen LogP contribution in [0.5, 0.6) is 5.75 Å². The molecule has 0 unspecified atom stereocenters. The predicted molar refractivity (Wildman–Crippen MR) is 103 cm³/mol. The molecule has 4 rings (SSSR count). The van der Waals surface area contributed by atoms with Gasteiger partial charge in [0.25, 0.3) is 0 Å². The summed E-state index contributed by atoms with van der Waals surface area (Å²) in [6, 6.07) is 6.33. The number of aliphatic hydroxyl groups excluding tert-OH is 4. The van der Waals surface area contributed by atoms with Crippen molar-refractivity contribution in [1.82, 2.24) is 0 Å². The Kier molecular flexibility index (Phi) is 5.41. The molecule has 28 heavy (non-hydrogen) atoms. The summed E-state index contributed by atoms with van der Waals surface area (Å²) in [5.74, 6) is -1.03. The molecule has 150 valence electrons. The fourth-order valence-corrected chi connectivity index (χ4v) is 5.60. The van der Waals surface area contributed by atoms with Gasteiger partial charge < -0.3 is 30.3 Å².